The first-order valence-electron chi connectivity index (χ1n) is 8.42. The number of amides is 1. The van der Waals surface area contributed by atoms with Crippen molar-refractivity contribution in [2.24, 2.45) is 0 Å². The number of anilines is 2. The number of aromatic nitrogens is 2. The van der Waals surface area contributed by atoms with Gasteiger partial charge in [-0.05, 0) is 12.1 Å². The predicted molar refractivity (Wildman–Crippen MR) is 97.0 cm³/mol. The third-order valence-corrected chi connectivity index (χ3v) is 4.17. The second-order valence-electron chi connectivity index (χ2n) is 5.82. The topological polar surface area (TPSA) is 70.6 Å². The van der Waals surface area contributed by atoms with Gasteiger partial charge in [0.15, 0.2) is 0 Å². The van der Waals surface area contributed by atoms with Crippen molar-refractivity contribution in [3.63, 3.8) is 0 Å². The fraction of sp³-hybridized carbons (Fsp3) is 0.389. The highest BCUT2D eigenvalue weighted by Gasteiger charge is 2.23. The summed E-state index contributed by atoms with van der Waals surface area (Å²) in [6, 6.07) is 10.3. The van der Waals surface area contributed by atoms with Crippen molar-refractivity contribution in [3.05, 3.63) is 48.4 Å². The van der Waals surface area contributed by atoms with E-state index in [2.05, 4.69) is 32.3 Å². The number of methoxy groups -OCH3 is 1. The molecule has 1 fully saturated rings. The molecule has 1 amide bonds. The highest BCUT2D eigenvalue weighted by atomic mass is 16.5. The van der Waals surface area contributed by atoms with Crippen molar-refractivity contribution >= 4 is 17.4 Å². The van der Waals surface area contributed by atoms with Crippen LogP contribution < -0.4 is 10.2 Å². The Balaban J connectivity index is 1.53. The third kappa shape index (κ3) is 4.45. The van der Waals surface area contributed by atoms with Crippen LogP contribution in [0.4, 0.5) is 11.5 Å². The van der Waals surface area contributed by atoms with Gasteiger partial charge in [-0.2, -0.15) is 0 Å². The van der Waals surface area contributed by atoms with Crippen LogP contribution in [0.25, 0.3) is 0 Å². The van der Waals surface area contributed by atoms with Gasteiger partial charge in [0.2, 0.25) is 0 Å². The molecule has 0 bridgehead atoms. The average Bonchev–Trinajstić information content (AvgIpc) is 2.69. The van der Waals surface area contributed by atoms with Gasteiger partial charge < -0.3 is 19.9 Å². The Labute approximate surface area is 147 Å². The van der Waals surface area contributed by atoms with E-state index in [4.69, 9.17) is 4.74 Å². The van der Waals surface area contributed by atoms with Crippen molar-refractivity contribution in [1.82, 2.24) is 14.9 Å². The quantitative estimate of drug-likeness (QED) is 0.803. The second kappa shape index (κ2) is 8.43. The molecule has 2 heterocycles. The molecule has 3 rings (SSSR count). The summed E-state index contributed by atoms with van der Waals surface area (Å²) in [5, 5.41) is 3.09. The predicted octanol–water partition coefficient (Wildman–Crippen LogP) is 1.50. The van der Waals surface area contributed by atoms with Gasteiger partial charge in [-0.25, -0.2) is 9.97 Å². The van der Waals surface area contributed by atoms with Crippen LogP contribution in [0.1, 0.15) is 10.5 Å². The first kappa shape index (κ1) is 17.2. The zero-order chi connectivity index (χ0) is 17.5. The number of benzene rings is 1. The van der Waals surface area contributed by atoms with E-state index in [0.29, 0.717) is 37.8 Å². The van der Waals surface area contributed by atoms with Crippen LogP contribution >= 0.6 is 0 Å². The van der Waals surface area contributed by atoms with E-state index in [1.807, 2.05) is 23.1 Å². The van der Waals surface area contributed by atoms with Gasteiger partial charge in [0.25, 0.3) is 5.91 Å². The van der Waals surface area contributed by atoms with Crippen LogP contribution in [0.2, 0.25) is 0 Å². The van der Waals surface area contributed by atoms with Gasteiger partial charge in [-0.15, -0.1) is 0 Å². The second-order valence-corrected chi connectivity index (χ2v) is 5.82. The highest BCUT2D eigenvalue weighted by molar-refractivity contribution is 5.92. The summed E-state index contributed by atoms with van der Waals surface area (Å²) < 4.78 is 4.97. The number of hydrogen-bond acceptors (Lipinski definition) is 6. The summed E-state index contributed by atoms with van der Waals surface area (Å²) in [7, 11) is 1.65. The Morgan fingerprint density at radius 1 is 1.12 bits per heavy atom. The van der Waals surface area contributed by atoms with Crippen LogP contribution in [0, 0.1) is 0 Å². The van der Waals surface area contributed by atoms with E-state index in [0.717, 1.165) is 13.1 Å². The summed E-state index contributed by atoms with van der Waals surface area (Å²) in [6.45, 7) is 4.25. The molecule has 25 heavy (non-hydrogen) atoms. The Hall–Kier alpha value is -2.67. The van der Waals surface area contributed by atoms with Crippen molar-refractivity contribution in [3.8, 4) is 0 Å². The summed E-state index contributed by atoms with van der Waals surface area (Å²) in [5.41, 5.74) is 1.58. The molecule has 0 saturated carbocycles. The molecule has 1 saturated heterocycles. The average molecular weight is 341 g/mol. The van der Waals surface area contributed by atoms with E-state index in [1.165, 1.54) is 11.9 Å². The fourth-order valence-corrected chi connectivity index (χ4v) is 2.78. The van der Waals surface area contributed by atoms with Crippen molar-refractivity contribution in [1.29, 1.82) is 0 Å². The van der Waals surface area contributed by atoms with Crippen LogP contribution in [-0.2, 0) is 4.74 Å². The Morgan fingerprint density at radius 3 is 2.52 bits per heavy atom. The summed E-state index contributed by atoms with van der Waals surface area (Å²) in [5.74, 6) is 0.575. The molecule has 1 aromatic heterocycles. The number of rotatable bonds is 6. The minimum absolute atomic E-state index is 0.0661. The van der Waals surface area contributed by atoms with E-state index < -0.39 is 0 Å². The van der Waals surface area contributed by atoms with Crippen molar-refractivity contribution in [2.45, 2.75) is 0 Å². The lowest BCUT2D eigenvalue weighted by Crippen LogP contribution is -2.49. The Kier molecular flexibility index (Phi) is 5.79. The van der Waals surface area contributed by atoms with Crippen molar-refractivity contribution < 1.29 is 9.53 Å². The van der Waals surface area contributed by atoms with Crippen LogP contribution in [0.3, 0.4) is 0 Å². The van der Waals surface area contributed by atoms with E-state index in [9.17, 15) is 4.79 Å². The molecule has 0 aliphatic carbocycles. The molecule has 2 aromatic rings. The summed E-state index contributed by atoms with van der Waals surface area (Å²) in [6.07, 6.45) is 3.12. The summed E-state index contributed by atoms with van der Waals surface area (Å²) in [4.78, 5) is 25.2. The van der Waals surface area contributed by atoms with Gasteiger partial charge in [0, 0.05) is 45.5 Å². The lowest BCUT2D eigenvalue weighted by Gasteiger charge is -2.35. The van der Waals surface area contributed by atoms with Gasteiger partial charge in [-0.3, -0.25) is 4.79 Å². The molecular weight excluding hydrogens is 318 g/mol. The molecule has 1 aliphatic rings. The number of hydrogen-bond donors (Lipinski definition) is 1. The Morgan fingerprint density at radius 2 is 1.88 bits per heavy atom. The molecule has 0 spiro atoms. The first-order valence-corrected chi connectivity index (χ1v) is 8.42. The van der Waals surface area contributed by atoms with Crippen LogP contribution in [0.15, 0.2) is 42.7 Å². The molecular formula is C18H23N5O2. The minimum atomic E-state index is -0.0661. The number of nitrogens with zero attached hydrogens (tertiary/aromatic N) is 4. The molecule has 0 unspecified atom stereocenters. The van der Waals surface area contributed by atoms with E-state index in [1.54, 1.807) is 13.3 Å². The number of carbonyl (C=O) groups excluding carboxylic acids is 1. The van der Waals surface area contributed by atoms with Gasteiger partial charge >= 0.3 is 0 Å². The van der Waals surface area contributed by atoms with Gasteiger partial charge in [-0.1, -0.05) is 18.2 Å². The van der Waals surface area contributed by atoms with E-state index >= 15 is 0 Å². The standard InChI is InChI=1S/C18H23N5O2/c1-25-12-7-19-17-14-20-16(13-21-17)18(24)23-10-8-22(9-11-23)15-5-3-2-4-6-15/h2-6,13-14H,7-12H2,1H3,(H,19,21). The largest absolute Gasteiger partial charge is 0.383 e. The SMILES string of the molecule is COCCNc1cnc(C(=O)N2CCN(c3ccccc3)CC2)cn1. The monoisotopic (exact) mass is 341 g/mol. The lowest BCUT2D eigenvalue weighted by molar-refractivity contribution is 0.0740. The maximum absolute atomic E-state index is 12.6. The van der Waals surface area contributed by atoms with Gasteiger partial charge in [0.1, 0.15) is 11.5 Å². The minimum Gasteiger partial charge on any atom is -0.383 e. The Bertz CT molecular complexity index is 670. The molecule has 1 N–H and O–H groups in total. The van der Waals surface area contributed by atoms with E-state index in [-0.39, 0.29) is 5.91 Å². The maximum atomic E-state index is 12.6. The number of nitrogens with one attached hydrogen (secondary N) is 1. The van der Waals surface area contributed by atoms with Gasteiger partial charge in [0.05, 0.1) is 19.0 Å². The molecule has 7 heteroatoms. The fourth-order valence-electron chi connectivity index (χ4n) is 2.78. The number of piperazine rings is 1. The smallest absolute Gasteiger partial charge is 0.274 e. The molecule has 0 radical (unpaired) electrons. The number of ether oxygens (including phenoxy) is 1. The zero-order valence-electron chi connectivity index (χ0n) is 14.4. The van der Waals surface area contributed by atoms with Crippen molar-refractivity contribution in [2.75, 3.05) is 56.7 Å². The highest BCUT2D eigenvalue weighted by Crippen LogP contribution is 2.16. The molecule has 1 aliphatic heterocycles. The third-order valence-electron chi connectivity index (χ3n) is 4.17. The summed E-state index contributed by atoms with van der Waals surface area (Å²) >= 11 is 0. The molecule has 132 valence electrons. The molecule has 0 atom stereocenters. The van der Waals surface area contributed by atoms with Crippen LogP contribution in [0.5, 0.6) is 0 Å². The molecule has 7 nitrogen and oxygen atoms in total. The number of carbonyl (C=O) groups is 1. The van der Waals surface area contributed by atoms with Crippen LogP contribution in [-0.4, -0.2) is 67.2 Å². The first-order chi connectivity index (χ1) is 12.3. The molecule has 1 aromatic carbocycles. The maximum Gasteiger partial charge on any atom is 0.274 e. The normalized spacial score (nSPS) is 14.4. The number of para-hydroxylation sites is 1. The lowest BCUT2D eigenvalue weighted by atomic mass is 10.2. The zero-order valence-corrected chi connectivity index (χ0v) is 14.4.